The standard InChI is InChI=1S/C15H34N4/c1-7-8-9-10-17-15(16-4)18-12-14(19(5)6)11-13(2)3/h13-14H,7-12H2,1-6H3,(H2,16,17,18). The summed E-state index contributed by atoms with van der Waals surface area (Å²) in [4.78, 5) is 6.56. The summed E-state index contributed by atoms with van der Waals surface area (Å²) in [5.41, 5.74) is 0. The minimum Gasteiger partial charge on any atom is -0.356 e. The Bertz CT molecular complexity index is 236. The van der Waals surface area contributed by atoms with Crippen molar-refractivity contribution in [3.05, 3.63) is 0 Å². The number of nitrogens with zero attached hydrogens (tertiary/aromatic N) is 2. The number of hydrogen-bond donors (Lipinski definition) is 2. The fraction of sp³-hybridized carbons (Fsp3) is 0.933. The van der Waals surface area contributed by atoms with Crippen LogP contribution in [-0.4, -0.2) is 51.1 Å². The fourth-order valence-corrected chi connectivity index (χ4v) is 2.04. The Morgan fingerprint density at radius 1 is 1.16 bits per heavy atom. The van der Waals surface area contributed by atoms with Gasteiger partial charge in [0.2, 0.25) is 0 Å². The summed E-state index contributed by atoms with van der Waals surface area (Å²) in [6.07, 6.45) is 4.94. The van der Waals surface area contributed by atoms with Crippen LogP contribution in [0.5, 0.6) is 0 Å². The molecular formula is C15H34N4. The van der Waals surface area contributed by atoms with E-state index in [0.29, 0.717) is 12.0 Å². The lowest BCUT2D eigenvalue weighted by Gasteiger charge is -2.27. The Labute approximate surface area is 120 Å². The molecule has 0 fully saturated rings. The normalized spacial score (nSPS) is 14.0. The number of nitrogens with one attached hydrogen (secondary N) is 2. The highest BCUT2D eigenvalue weighted by Gasteiger charge is 2.13. The zero-order valence-corrected chi connectivity index (χ0v) is 13.8. The molecule has 0 aromatic heterocycles. The first-order valence-corrected chi connectivity index (χ1v) is 7.62. The lowest BCUT2D eigenvalue weighted by molar-refractivity contribution is 0.254. The van der Waals surface area contributed by atoms with Crippen molar-refractivity contribution in [2.24, 2.45) is 10.9 Å². The molecular weight excluding hydrogens is 236 g/mol. The Morgan fingerprint density at radius 3 is 2.32 bits per heavy atom. The molecule has 1 atom stereocenters. The molecule has 0 spiro atoms. The molecule has 19 heavy (non-hydrogen) atoms. The van der Waals surface area contributed by atoms with Crippen molar-refractivity contribution in [1.29, 1.82) is 0 Å². The zero-order valence-electron chi connectivity index (χ0n) is 13.8. The number of guanidine groups is 1. The number of likely N-dealkylation sites (N-methyl/N-ethyl adjacent to an activating group) is 1. The van der Waals surface area contributed by atoms with Crippen molar-refractivity contribution in [2.75, 3.05) is 34.2 Å². The van der Waals surface area contributed by atoms with E-state index < -0.39 is 0 Å². The highest BCUT2D eigenvalue weighted by Crippen LogP contribution is 2.07. The van der Waals surface area contributed by atoms with Gasteiger partial charge in [-0.15, -0.1) is 0 Å². The number of rotatable bonds is 9. The SMILES string of the molecule is CCCCCNC(=NC)NCC(CC(C)C)N(C)C. The molecule has 0 aliphatic heterocycles. The molecule has 2 N–H and O–H groups in total. The quantitative estimate of drug-likeness (QED) is 0.384. The van der Waals surface area contributed by atoms with E-state index in [-0.39, 0.29) is 0 Å². The van der Waals surface area contributed by atoms with Crippen molar-refractivity contribution >= 4 is 5.96 Å². The van der Waals surface area contributed by atoms with Crippen molar-refractivity contribution in [3.8, 4) is 0 Å². The molecule has 114 valence electrons. The summed E-state index contributed by atoms with van der Waals surface area (Å²) < 4.78 is 0. The molecule has 0 saturated heterocycles. The minimum atomic E-state index is 0.550. The van der Waals surface area contributed by atoms with Gasteiger partial charge in [-0.1, -0.05) is 33.6 Å². The second-order valence-electron chi connectivity index (χ2n) is 5.83. The van der Waals surface area contributed by atoms with E-state index in [4.69, 9.17) is 0 Å². The first-order chi connectivity index (χ1) is 9.01. The average Bonchev–Trinajstić information content (AvgIpc) is 2.35. The highest BCUT2D eigenvalue weighted by atomic mass is 15.2. The van der Waals surface area contributed by atoms with Crippen molar-refractivity contribution < 1.29 is 0 Å². The van der Waals surface area contributed by atoms with Crippen LogP contribution in [0.25, 0.3) is 0 Å². The summed E-state index contributed by atoms with van der Waals surface area (Å²) in [7, 11) is 6.13. The van der Waals surface area contributed by atoms with Gasteiger partial charge in [0.15, 0.2) is 5.96 Å². The average molecular weight is 270 g/mol. The largest absolute Gasteiger partial charge is 0.356 e. The van der Waals surface area contributed by atoms with Gasteiger partial charge in [-0.2, -0.15) is 0 Å². The molecule has 0 aliphatic carbocycles. The van der Waals surface area contributed by atoms with Gasteiger partial charge in [-0.05, 0) is 32.9 Å². The van der Waals surface area contributed by atoms with Gasteiger partial charge in [0, 0.05) is 26.2 Å². The van der Waals surface area contributed by atoms with Gasteiger partial charge in [-0.25, -0.2) is 0 Å². The van der Waals surface area contributed by atoms with Crippen molar-refractivity contribution in [1.82, 2.24) is 15.5 Å². The number of unbranched alkanes of at least 4 members (excludes halogenated alkanes) is 2. The third kappa shape index (κ3) is 9.77. The summed E-state index contributed by atoms with van der Waals surface area (Å²) in [5, 5.41) is 6.80. The van der Waals surface area contributed by atoms with Crippen LogP contribution in [0.3, 0.4) is 0 Å². The van der Waals surface area contributed by atoms with Gasteiger partial charge in [0.1, 0.15) is 0 Å². The van der Waals surface area contributed by atoms with Crippen LogP contribution >= 0.6 is 0 Å². The van der Waals surface area contributed by atoms with Crippen LogP contribution in [0, 0.1) is 5.92 Å². The van der Waals surface area contributed by atoms with E-state index >= 15 is 0 Å². The topological polar surface area (TPSA) is 39.7 Å². The maximum absolute atomic E-state index is 4.27. The first-order valence-electron chi connectivity index (χ1n) is 7.62. The predicted octanol–water partition coefficient (Wildman–Crippen LogP) is 2.32. The van der Waals surface area contributed by atoms with Crippen LogP contribution in [-0.2, 0) is 0 Å². The second-order valence-corrected chi connectivity index (χ2v) is 5.83. The monoisotopic (exact) mass is 270 g/mol. The second kappa shape index (κ2) is 11.1. The molecule has 4 heteroatoms. The molecule has 0 saturated carbocycles. The first kappa shape index (κ1) is 18.2. The fourth-order valence-electron chi connectivity index (χ4n) is 2.04. The summed E-state index contributed by atoms with van der Waals surface area (Å²) in [6.45, 7) is 8.71. The van der Waals surface area contributed by atoms with E-state index in [2.05, 4.69) is 55.4 Å². The Kier molecular flexibility index (Phi) is 10.6. The predicted molar refractivity (Wildman–Crippen MR) is 85.8 cm³/mol. The van der Waals surface area contributed by atoms with E-state index in [1.165, 1.54) is 25.7 Å². The molecule has 0 aromatic rings. The molecule has 0 heterocycles. The molecule has 0 bridgehead atoms. The Morgan fingerprint density at radius 2 is 1.84 bits per heavy atom. The number of aliphatic imine (C=N–C) groups is 1. The van der Waals surface area contributed by atoms with Gasteiger partial charge in [-0.3, -0.25) is 4.99 Å². The lowest BCUT2D eigenvalue weighted by atomic mass is 10.0. The molecule has 4 nitrogen and oxygen atoms in total. The van der Waals surface area contributed by atoms with Crippen LogP contribution in [0.4, 0.5) is 0 Å². The third-order valence-electron chi connectivity index (χ3n) is 3.28. The molecule has 1 unspecified atom stereocenters. The van der Waals surface area contributed by atoms with E-state index in [1.54, 1.807) is 0 Å². The van der Waals surface area contributed by atoms with E-state index in [1.807, 2.05) is 7.05 Å². The zero-order chi connectivity index (χ0) is 14.7. The summed E-state index contributed by atoms with van der Waals surface area (Å²) in [6, 6.07) is 0.550. The third-order valence-corrected chi connectivity index (χ3v) is 3.28. The van der Waals surface area contributed by atoms with E-state index in [9.17, 15) is 0 Å². The summed E-state index contributed by atoms with van der Waals surface area (Å²) in [5.74, 6) is 1.64. The molecule has 0 amide bonds. The van der Waals surface area contributed by atoms with Crippen LogP contribution in [0.15, 0.2) is 4.99 Å². The molecule has 0 rings (SSSR count). The van der Waals surface area contributed by atoms with Gasteiger partial charge in [0.05, 0.1) is 0 Å². The maximum atomic E-state index is 4.27. The Balaban J connectivity index is 4.02. The lowest BCUT2D eigenvalue weighted by Crippen LogP contribution is -2.45. The highest BCUT2D eigenvalue weighted by molar-refractivity contribution is 5.79. The van der Waals surface area contributed by atoms with Gasteiger partial charge >= 0.3 is 0 Å². The van der Waals surface area contributed by atoms with E-state index in [0.717, 1.165) is 19.0 Å². The van der Waals surface area contributed by atoms with Gasteiger partial charge < -0.3 is 15.5 Å². The van der Waals surface area contributed by atoms with Crippen LogP contribution in [0.1, 0.15) is 46.5 Å². The smallest absolute Gasteiger partial charge is 0.191 e. The van der Waals surface area contributed by atoms with Crippen molar-refractivity contribution in [2.45, 2.75) is 52.5 Å². The Hall–Kier alpha value is -0.770. The molecule has 0 aliphatic rings. The van der Waals surface area contributed by atoms with Crippen molar-refractivity contribution in [3.63, 3.8) is 0 Å². The van der Waals surface area contributed by atoms with Crippen LogP contribution < -0.4 is 10.6 Å². The number of hydrogen-bond acceptors (Lipinski definition) is 2. The molecule has 0 radical (unpaired) electrons. The van der Waals surface area contributed by atoms with Crippen LogP contribution in [0.2, 0.25) is 0 Å². The maximum Gasteiger partial charge on any atom is 0.191 e. The molecule has 0 aromatic carbocycles. The summed E-state index contributed by atoms with van der Waals surface area (Å²) >= 11 is 0. The van der Waals surface area contributed by atoms with Gasteiger partial charge in [0.25, 0.3) is 0 Å². The minimum absolute atomic E-state index is 0.550.